The first-order valence-corrected chi connectivity index (χ1v) is 9.12. The second-order valence-corrected chi connectivity index (χ2v) is 7.81. The van der Waals surface area contributed by atoms with Gasteiger partial charge in [0.2, 0.25) is 10.0 Å². The van der Waals surface area contributed by atoms with Crippen molar-refractivity contribution in [2.24, 2.45) is 0 Å². The van der Waals surface area contributed by atoms with Crippen LogP contribution in [0.25, 0.3) is 0 Å². The van der Waals surface area contributed by atoms with Crippen molar-refractivity contribution in [3.05, 3.63) is 28.2 Å². The van der Waals surface area contributed by atoms with Crippen LogP contribution in [0.5, 0.6) is 0 Å². The second kappa shape index (κ2) is 6.74. The lowest BCUT2D eigenvalue weighted by Crippen LogP contribution is -2.56. The van der Waals surface area contributed by atoms with Crippen LogP contribution in [0.15, 0.2) is 23.1 Å². The Morgan fingerprint density at radius 1 is 1.23 bits per heavy atom. The van der Waals surface area contributed by atoms with Gasteiger partial charge in [0.1, 0.15) is 10.4 Å². The number of halogens is 2. The van der Waals surface area contributed by atoms with Crippen LogP contribution in [-0.4, -0.2) is 27.0 Å². The molecule has 0 bridgehead atoms. The van der Waals surface area contributed by atoms with Gasteiger partial charge in [0.25, 0.3) is 0 Å². The van der Waals surface area contributed by atoms with E-state index >= 15 is 0 Å². The number of carbonyl (C=O) groups excluding carboxylic acids is 1. The molecule has 1 aliphatic rings. The fourth-order valence-electron chi connectivity index (χ4n) is 2.69. The van der Waals surface area contributed by atoms with Crippen molar-refractivity contribution in [2.45, 2.75) is 42.5 Å². The van der Waals surface area contributed by atoms with Crippen LogP contribution in [0.1, 0.15) is 32.1 Å². The van der Waals surface area contributed by atoms with E-state index in [1.54, 1.807) is 0 Å². The molecule has 8 heteroatoms. The third kappa shape index (κ3) is 3.56. The molecule has 1 fully saturated rings. The molecule has 0 amide bonds. The van der Waals surface area contributed by atoms with Gasteiger partial charge in [-0.1, -0.05) is 42.5 Å². The number of hydrogen-bond donors (Lipinski definition) is 1. The zero-order chi connectivity index (χ0) is 16.4. The van der Waals surface area contributed by atoms with Crippen molar-refractivity contribution < 1.29 is 17.9 Å². The third-order valence-corrected chi connectivity index (χ3v) is 6.05. The molecule has 1 aromatic carbocycles. The molecule has 22 heavy (non-hydrogen) atoms. The molecule has 0 heterocycles. The molecule has 0 aliphatic heterocycles. The molecule has 122 valence electrons. The lowest BCUT2D eigenvalue weighted by molar-refractivity contribution is -0.149. The molecule has 1 saturated carbocycles. The molecule has 0 unspecified atom stereocenters. The summed E-state index contributed by atoms with van der Waals surface area (Å²) in [5, 5.41) is 0.299. The van der Waals surface area contributed by atoms with Crippen LogP contribution in [0.4, 0.5) is 0 Å². The topological polar surface area (TPSA) is 72.5 Å². The normalized spacial score (nSPS) is 18.0. The predicted molar refractivity (Wildman–Crippen MR) is 84.6 cm³/mol. The molecule has 0 atom stereocenters. The monoisotopic (exact) mass is 365 g/mol. The van der Waals surface area contributed by atoms with E-state index in [4.69, 9.17) is 27.9 Å². The van der Waals surface area contributed by atoms with Crippen LogP contribution in [0.2, 0.25) is 10.0 Å². The molecule has 1 aromatic rings. The number of sulfonamides is 1. The molecule has 0 spiro atoms. The molecule has 1 N–H and O–H groups in total. The molecule has 0 saturated heterocycles. The van der Waals surface area contributed by atoms with E-state index in [2.05, 4.69) is 4.72 Å². The molecular weight excluding hydrogens is 349 g/mol. The number of esters is 1. The summed E-state index contributed by atoms with van der Waals surface area (Å²) in [5.41, 5.74) is -1.24. The third-order valence-electron chi connectivity index (χ3n) is 3.80. The van der Waals surface area contributed by atoms with Gasteiger partial charge in [-0.25, -0.2) is 8.42 Å². The van der Waals surface area contributed by atoms with E-state index in [1.807, 2.05) is 0 Å². The van der Waals surface area contributed by atoms with Gasteiger partial charge in [0.15, 0.2) is 0 Å². The molecule has 5 nitrogen and oxygen atoms in total. The minimum Gasteiger partial charge on any atom is -0.468 e. The number of methoxy groups -OCH3 is 1. The van der Waals surface area contributed by atoms with Gasteiger partial charge in [-0.15, -0.1) is 0 Å². The highest BCUT2D eigenvalue weighted by Gasteiger charge is 2.44. The van der Waals surface area contributed by atoms with E-state index in [1.165, 1.54) is 25.3 Å². The Labute approximate surface area is 140 Å². The maximum absolute atomic E-state index is 12.6. The Balaban J connectivity index is 2.40. The van der Waals surface area contributed by atoms with Gasteiger partial charge in [0, 0.05) is 5.02 Å². The predicted octanol–water partition coefficient (Wildman–Crippen LogP) is 3.15. The Bertz CT molecular complexity index is 669. The van der Waals surface area contributed by atoms with Crippen LogP contribution in [0.3, 0.4) is 0 Å². The van der Waals surface area contributed by atoms with Gasteiger partial charge in [-0.3, -0.25) is 4.79 Å². The van der Waals surface area contributed by atoms with Gasteiger partial charge >= 0.3 is 5.97 Å². The average molecular weight is 366 g/mol. The van der Waals surface area contributed by atoms with Gasteiger partial charge in [-0.05, 0) is 31.0 Å². The van der Waals surface area contributed by atoms with Crippen molar-refractivity contribution in [3.63, 3.8) is 0 Å². The first-order chi connectivity index (χ1) is 10.3. The fourth-order valence-corrected chi connectivity index (χ4v) is 4.87. The zero-order valence-corrected chi connectivity index (χ0v) is 14.4. The Kier molecular flexibility index (Phi) is 5.37. The van der Waals surface area contributed by atoms with Crippen LogP contribution in [-0.2, 0) is 19.6 Å². The minimum absolute atomic E-state index is 0.0488. The summed E-state index contributed by atoms with van der Waals surface area (Å²) < 4.78 is 32.6. The number of hydrogen-bond acceptors (Lipinski definition) is 4. The van der Waals surface area contributed by atoms with E-state index in [-0.39, 0.29) is 14.9 Å². The SMILES string of the molecule is COC(=O)C1(NS(=O)(=O)c2cc(Cl)ccc2Cl)CCCCC1. The zero-order valence-electron chi connectivity index (χ0n) is 12.1. The van der Waals surface area contributed by atoms with E-state index in [9.17, 15) is 13.2 Å². The van der Waals surface area contributed by atoms with Crippen molar-refractivity contribution in [1.29, 1.82) is 0 Å². The molecule has 2 rings (SSSR count). The van der Waals surface area contributed by atoms with Gasteiger partial charge in [-0.2, -0.15) is 4.72 Å². The fraction of sp³-hybridized carbons (Fsp3) is 0.500. The quantitative estimate of drug-likeness (QED) is 0.831. The molecule has 0 aromatic heterocycles. The number of rotatable bonds is 4. The Morgan fingerprint density at radius 3 is 2.45 bits per heavy atom. The summed E-state index contributed by atoms with van der Waals surface area (Å²) in [4.78, 5) is 12.0. The van der Waals surface area contributed by atoms with Gasteiger partial charge in [0.05, 0.1) is 12.1 Å². The molecular formula is C14H17Cl2NO4S. The van der Waals surface area contributed by atoms with Crippen LogP contribution >= 0.6 is 23.2 Å². The number of carbonyl (C=O) groups is 1. The maximum Gasteiger partial charge on any atom is 0.327 e. The largest absolute Gasteiger partial charge is 0.468 e. The number of ether oxygens (including phenoxy) is 1. The van der Waals surface area contributed by atoms with Gasteiger partial charge < -0.3 is 4.74 Å². The summed E-state index contributed by atoms with van der Waals surface area (Å²) in [6.07, 6.45) is 3.26. The summed E-state index contributed by atoms with van der Waals surface area (Å²) in [7, 11) is -2.74. The highest BCUT2D eigenvalue weighted by atomic mass is 35.5. The lowest BCUT2D eigenvalue weighted by Gasteiger charge is -2.34. The summed E-state index contributed by atoms with van der Waals surface area (Å²) in [6.45, 7) is 0. The van der Waals surface area contributed by atoms with Crippen LogP contribution < -0.4 is 4.72 Å². The summed E-state index contributed by atoms with van der Waals surface area (Å²) in [6, 6.07) is 4.17. The Hall–Kier alpha value is -0.820. The van der Waals surface area contributed by atoms with E-state index < -0.39 is 21.5 Å². The van der Waals surface area contributed by atoms with Crippen molar-refractivity contribution >= 4 is 39.2 Å². The lowest BCUT2D eigenvalue weighted by atomic mass is 9.83. The van der Waals surface area contributed by atoms with E-state index in [0.29, 0.717) is 12.8 Å². The van der Waals surface area contributed by atoms with Crippen molar-refractivity contribution in [1.82, 2.24) is 4.72 Å². The van der Waals surface area contributed by atoms with Crippen LogP contribution in [0, 0.1) is 0 Å². The minimum atomic E-state index is -3.99. The smallest absolute Gasteiger partial charge is 0.327 e. The number of benzene rings is 1. The average Bonchev–Trinajstić information content (AvgIpc) is 2.49. The summed E-state index contributed by atoms with van der Waals surface area (Å²) in [5.74, 6) is -0.575. The Morgan fingerprint density at radius 2 is 1.86 bits per heavy atom. The molecule has 1 aliphatic carbocycles. The maximum atomic E-state index is 12.6. The highest BCUT2D eigenvalue weighted by molar-refractivity contribution is 7.89. The summed E-state index contributed by atoms with van der Waals surface area (Å²) >= 11 is 11.8. The molecule has 0 radical (unpaired) electrons. The first kappa shape index (κ1) is 17.5. The van der Waals surface area contributed by atoms with E-state index in [0.717, 1.165) is 19.3 Å². The van der Waals surface area contributed by atoms with Crippen molar-refractivity contribution in [2.75, 3.05) is 7.11 Å². The number of nitrogens with one attached hydrogen (secondary N) is 1. The first-order valence-electron chi connectivity index (χ1n) is 6.88. The van der Waals surface area contributed by atoms with Crippen molar-refractivity contribution in [3.8, 4) is 0 Å². The second-order valence-electron chi connectivity index (χ2n) is 5.31. The standard InChI is InChI=1S/C14H17Cl2NO4S/c1-21-13(18)14(7-3-2-4-8-14)17-22(19,20)12-9-10(15)5-6-11(12)16/h5-6,9,17H,2-4,7-8H2,1H3. The highest BCUT2D eigenvalue weighted by Crippen LogP contribution is 2.33.